The number of aromatic nitrogens is 2. The van der Waals surface area contributed by atoms with Crippen LogP contribution in [-0.2, 0) is 16.0 Å². The molecule has 3 aliphatic rings. The second kappa shape index (κ2) is 7.09. The number of carbonyl (C=O) groups excluding carboxylic acids is 2. The standard InChI is InChI=1S/C23H28N4O4/c1-23(2,3)31-22(30)26-11-10-16-18-17(26)12-24-21(29)20(28)19(18)25-27(16)15-8-6-14(7-9-15)13-4-5-13/h6-9,13,17,20,28H,4-5,10-12H2,1-3H3,(H,24,29). The summed E-state index contributed by atoms with van der Waals surface area (Å²) in [4.78, 5) is 26.9. The average molecular weight is 425 g/mol. The van der Waals surface area contributed by atoms with E-state index in [1.165, 1.54) is 18.4 Å². The van der Waals surface area contributed by atoms with Crippen molar-refractivity contribution in [1.82, 2.24) is 20.0 Å². The fraction of sp³-hybridized carbons (Fsp3) is 0.522. The summed E-state index contributed by atoms with van der Waals surface area (Å²) >= 11 is 0. The summed E-state index contributed by atoms with van der Waals surface area (Å²) in [6, 6.07) is 7.90. The topological polar surface area (TPSA) is 96.7 Å². The highest BCUT2D eigenvalue weighted by molar-refractivity contribution is 5.83. The third-order valence-electron chi connectivity index (χ3n) is 6.14. The van der Waals surface area contributed by atoms with Gasteiger partial charge >= 0.3 is 6.09 Å². The molecule has 1 saturated carbocycles. The first-order chi connectivity index (χ1) is 14.7. The number of rotatable bonds is 2. The van der Waals surface area contributed by atoms with E-state index in [0.717, 1.165) is 16.9 Å². The molecule has 2 aromatic rings. The van der Waals surface area contributed by atoms with Crippen LogP contribution in [0.2, 0.25) is 0 Å². The molecule has 0 bridgehead atoms. The van der Waals surface area contributed by atoms with Crippen molar-refractivity contribution in [1.29, 1.82) is 0 Å². The minimum Gasteiger partial charge on any atom is -0.444 e. The van der Waals surface area contributed by atoms with Crippen LogP contribution in [0, 0.1) is 0 Å². The third-order valence-corrected chi connectivity index (χ3v) is 6.14. The molecule has 0 saturated heterocycles. The summed E-state index contributed by atoms with van der Waals surface area (Å²) in [5.41, 5.74) is 3.59. The molecule has 0 spiro atoms. The van der Waals surface area contributed by atoms with Crippen LogP contribution in [0.5, 0.6) is 0 Å². The Bertz CT molecular complexity index is 1030. The number of hydrogen-bond donors (Lipinski definition) is 2. The maximum Gasteiger partial charge on any atom is 0.410 e. The predicted molar refractivity (Wildman–Crippen MR) is 113 cm³/mol. The normalized spacial score (nSPS) is 23.1. The molecule has 5 rings (SSSR count). The van der Waals surface area contributed by atoms with Gasteiger partial charge in [-0.3, -0.25) is 9.69 Å². The second-order valence-electron chi connectivity index (χ2n) is 9.61. The second-order valence-corrected chi connectivity index (χ2v) is 9.61. The quantitative estimate of drug-likeness (QED) is 0.773. The Morgan fingerprint density at radius 3 is 2.58 bits per heavy atom. The van der Waals surface area contributed by atoms with E-state index < -0.39 is 29.7 Å². The summed E-state index contributed by atoms with van der Waals surface area (Å²) in [6.45, 7) is 6.14. The van der Waals surface area contributed by atoms with Crippen molar-refractivity contribution in [3.8, 4) is 5.69 Å². The van der Waals surface area contributed by atoms with Gasteiger partial charge in [-0.1, -0.05) is 12.1 Å². The van der Waals surface area contributed by atoms with Gasteiger partial charge in [-0.2, -0.15) is 5.10 Å². The van der Waals surface area contributed by atoms with Gasteiger partial charge in [0.15, 0.2) is 6.10 Å². The van der Waals surface area contributed by atoms with E-state index in [9.17, 15) is 14.7 Å². The van der Waals surface area contributed by atoms with Crippen LogP contribution in [0.4, 0.5) is 4.79 Å². The Balaban J connectivity index is 1.56. The number of carbonyl (C=O) groups is 2. The molecule has 2 amide bonds. The van der Waals surface area contributed by atoms with Gasteiger partial charge in [0, 0.05) is 25.1 Å². The molecular weight excluding hydrogens is 396 g/mol. The lowest BCUT2D eigenvalue weighted by molar-refractivity contribution is -0.129. The van der Waals surface area contributed by atoms with Gasteiger partial charge in [-0.15, -0.1) is 0 Å². The molecule has 1 aromatic heterocycles. The Hall–Kier alpha value is -2.87. The molecule has 1 aliphatic carbocycles. The van der Waals surface area contributed by atoms with Gasteiger partial charge < -0.3 is 15.2 Å². The summed E-state index contributed by atoms with van der Waals surface area (Å²) in [7, 11) is 0. The molecule has 0 radical (unpaired) electrons. The Morgan fingerprint density at radius 1 is 1.23 bits per heavy atom. The maximum atomic E-state index is 12.9. The SMILES string of the molecule is CC(C)(C)OC(=O)N1CCc2c3c(nn2-c2ccc(C4CC4)cc2)C(O)C(=O)NCC31. The molecular formula is C23H28N4O4. The molecule has 2 atom stereocenters. The van der Waals surface area contributed by atoms with E-state index in [0.29, 0.717) is 24.6 Å². The van der Waals surface area contributed by atoms with Crippen molar-refractivity contribution in [3.05, 3.63) is 46.8 Å². The minimum absolute atomic E-state index is 0.210. The lowest BCUT2D eigenvalue weighted by Gasteiger charge is -2.36. The zero-order chi connectivity index (χ0) is 21.9. The first-order valence-electron chi connectivity index (χ1n) is 10.9. The van der Waals surface area contributed by atoms with E-state index >= 15 is 0 Å². The smallest absolute Gasteiger partial charge is 0.410 e. The van der Waals surface area contributed by atoms with Crippen LogP contribution >= 0.6 is 0 Å². The molecule has 2 unspecified atom stereocenters. The minimum atomic E-state index is -1.37. The van der Waals surface area contributed by atoms with Crippen LogP contribution in [0.3, 0.4) is 0 Å². The summed E-state index contributed by atoms with van der Waals surface area (Å²) in [5, 5.41) is 18.0. The number of ether oxygens (including phenoxy) is 1. The fourth-order valence-corrected chi connectivity index (χ4v) is 4.51. The lowest BCUT2D eigenvalue weighted by atomic mass is 9.95. The van der Waals surface area contributed by atoms with Crippen LogP contribution in [0.1, 0.15) is 74.2 Å². The maximum absolute atomic E-state index is 12.9. The molecule has 3 heterocycles. The molecule has 2 N–H and O–H groups in total. The number of aliphatic hydroxyl groups is 1. The van der Waals surface area contributed by atoms with Crippen LogP contribution in [0.25, 0.3) is 5.69 Å². The van der Waals surface area contributed by atoms with Crippen molar-refractivity contribution in [2.75, 3.05) is 13.1 Å². The molecule has 1 fully saturated rings. The monoisotopic (exact) mass is 424 g/mol. The zero-order valence-corrected chi connectivity index (χ0v) is 18.1. The first-order valence-corrected chi connectivity index (χ1v) is 10.9. The van der Waals surface area contributed by atoms with Crippen LogP contribution in [-0.4, -0.2) is 50.5 Å². The van der Waals surface area contributed by atoms with Crippen molar-refractivity contribution >= 4 is 12.0 Å². The molecule has 1 aromatic carbocycles. The van der Waals surface area contributed by atoms with Crippen molar-refractivity contribution in [2.45, 2.75) is 63.7 Å². The van der Waals surface area contributed by atoms with Gasteiger partial charge in [-0.05, 0) is 57.2 Å². The van der Waals surface area contributed by atoms with E-state index in [-0.39, 0.29) is 6.54 Å². The fourth-order valence-electron chi connectivity index (χ4n) is 4.51. The number of amides is 2. The Morgan fingerprint density at radius 2 is 1.94 bits per heavy atom. The predicted octanol–water partition coefficient (Wildman–Crippen LogP) is 2.75. The molecule has 164 valence electrons. The largest absolute Gasteiger partial charge is 0.444 e. The molecule has 2 aliphatic heterocycles. The Labute approximate surface area is 181 Å². The number of benzene rings is 1. The highest BCUT2D eigenvalue weighted by Crippen LogP contribution is 2.41. The van der Waals surface area contributed by atoms with E-state index in [1.54, 1.807) is 4.90 Å². The van der Waals surface area contributed by atoms with E-state index in [2.05, 4.69) is 22.5 Å². The van der Waals surface area contributed by atoms with E-state index in [1.807, 2.05) is 37.6 Å². The summed E-state index contributed by atoms with van der Waals surface area (Å²) < 4.78 is 7.42. The first kappa shape index (κ1) is 20.1. The number of nitrogens with one attached hydrogen (secondary N) is 1. The Kier molecular flexibility index (Phi) is 4.58. The van der Waals surface area contributed by atoms with Crippen LogP contribution in [0.15, 0.2) is 24.3 Å². The number of aliphatic hydroxyl groups excluding tert-OH is 1. The van der Waals surface area contributed by atoms with Gasteiger partial charge in [0.25, 0.3) is 5.91 Å². The number of hydrogen-bond acceptors (Lipinski definition) is 5. The summed E-state index contributed by atoms with van der Waals surface area (Å²) in [5.74, 6) is 0.161. The van der Waals surface area contributed by atoms with Gasteiger partial charge in [0.2, 0.25) is 0 Å². The average Bonchev–Trinajstić information content (AvgIpc) is 3.51. The van der Waals surface area contributed by atoms with E-state index in [4.69, 9.17) is 4.74 Å². The molecule has 8 heteroatoms. The van der Waals surface area contributed by atoms with Crippen LogP contribution < -0.4 is 5.32 Å². The lowest BCUT2D eigenvalue weighted by Crippen LogP contribution is -2.46. The zero-order valence-electron chi connectivity index (χ0n) is 18.1. The van der Waals surface area contributed by atoms with Gasteiger partial charge in [-0.25, -0.2) is 9.48 Å². The van der Waals surface area contributed by atoms with Gasteiger partial charge in [0.05, 0.1) is 17.4 Å². The van der Waals surface area contributed by atoms with Crippen molar-refractivity contribution in [2.24, 2.45) is 0 Å². The molecule has 31 heavy (non-hydrogen) atoms. The molecule has 8 nitrogen and oxygen atoms in total. The van der Waals surface area contributed by atoms with Crippen molar-refractivity contribution in [3.63, 3.8) is 0 Å². The third kappa shape index (κ3) is 3.59. The highest BCUT2D eigenvalue weighted by atomic mass is 16.6. The highest BCUT2D eigenvalue weighted by Gasteiger charge is 2.43. The number of nitrogens with zero attached hydrogens (tertiary/aromatic N) is 3. The summed E-state index contributed by atoms with van der Waals surface area (Å²) in [6.07, 6.45) is 1.24. The van der Waals surface area contributed by atoms with Gasteiger partial charge in [0.1, 0.15) is 11.3 Å². The van der Waals surface area contributed by atoms with Crippen molar-refractivity contribution < 1.29 is 19.4 Å².